The summed E-state index contributed by atoms with van der Waals surface area (Å²) in [6.45, 7) is 5.89. The molecule has 82 valence electrons. The van der Waals surface area contributed by atoms with E-state index in [0.29, 0.717) is 12.4 Å². The lowest BCUT2D eigenvalue weighted by Crippen LogP contribution is -2.11. The Balaban J connectivity index is 2.83. The van der Waals surface area contributed by atoms with Gasteiger partial charge in [0.1, 0.15) is 12.2 Å². The van der Waals surface area contributed by atoms with Gasteiger partial charge in [-0.3, -0.25) is 4.79 Å². The highest BCUT2D eigenvalue weighted by atomic mass is 79.9. The maximum Gasteiger partial charge on any atom is 0.313 e. The van der Waals surface area contributed by atoms with E-state index in [1.807, 2.05) is 13.8 Å². The van der Waals surface area contributed by atoms with E-state index in [9.17, 15) is 4.79 Å². The summed E-state index contributed by atoms with van der Waals surface area (Å²) in [6.07, 6.45) is 0.128. The Morgan fingerprint density at radius 1 is 1.33 bits per heavy atom. The van der Waals surface area contributed by atoms with Crippen LogP contribution in [0.4, 0.5) is 0 Å². The smallest absolute Gasteiger partial charge is 0.313 e. The van der Waals surface area contributed by atoms with Gasteiger partial charge in [-0.15, -0.1) is 0 Å². The molecule has 0 radical (unpaired) electrons. The van der Waals surface area contributed by atoms with E-state index in [4.69, 9.17) is 4.74 Å². The first-order valence-corrected chi connectivity index (χ1v) is 5.49. The van der Waals surface area contributed by atoms with Crippen molar-refractivity contribution in [1.29, 1.82) is 0 Å². The Morgan fingerprint density at radius 2 is 1.87 bits per heavy atom. The fourth-order valence-electron chi connectivity index (χ4n) is 1.19. The quantitative estimate of drug-likeness (QED) is 0.790. The molecule has 0 unspecified atom stereocenters. The van der Waals surface area contributed by atoms with E-state index in [-0.39, 0.29) is 12.4 Å². The van der Waals surface area contributed by atoms with Crippen LogP contribution >= 0.6 is 15.9 Å². The van der Waals surface area contributed by atoms with E-state index in [2.05, 4.69) is 25.9 Å². The van der Waals surface area contributed by atoms with Crippen LogP contribution in [0.5, 0.6) is 0 Å². The highest BCUT2D eigenvalue weighted by Gasteiger charge is 2.10. The Labute approximate surface area is 97.2 Å². The number of nitrogens with zero attached hydrogens (tertiary/aromatic N) is 2. The van der Waals surface area contributed by atoms with Crippen molar-refractivity contribution in [2.75, 3.05) is 6.61 Å². The van der Waals surface area contributed by atoms with Crippen molar-refractivity contribution in [3.8, 4) is 0 Å². The molecule has 0 N–H and O–H groups in total. The number of carbonyl (C=O) groups is 1. The second-order valence-corrected chi connectivity index (χ2v) is 3.90. The van der Waals surface area contributed by atoms with Crippen LogP contribution in [0.1, 0.15) is 24.1 Å². The lowest BCUT2D eigenvalue weighted by atomic mass is 10.3. The van der Waals surface area contributed by atoms with Crippen LogP contribution in [-0.2, 0) is 16.0 Å². The summed E-state index contributed by atoms with van der Waals surface area (Å²) in [5, 5.41) is 0. The van der Waals surface area contributed by atoms with E-state index in [1.54, 1.807) is 6.92 Å². The third-order valence-corrected chi connectivity index (χ3v) is 2.98. The molecule has 1 heterocycles. The van der Waals surface area contributed by atoms with Gasteiger partial charge in [-0.25, -0.2) is 9.97 Å². The van der Waals surface area contributed by atoms with E-state index >= 15 is 0 Å². The predicted molar refractivity (Wildman–Crippen MR) is 59.5 cm³/mol. The lowest BCUT2D eigenvalue weighted by molar-refractivity contribution is -0.142. The molecule has 0 fully saturated rings. The molecule has 0 amide bonds. The number of aromatic nitrogens is 2. The van der Waals surface area contributed by atoms with Gasteiger partial charge in [0.2, 0.25) is 0 Å². The van der Waals surface area contributed by atoms with Crippen molar-refractivity contribution in [1.82, 2.24) is 9.97 Å². The van der Waals surface area contributed by atoms with Gasteiger partial charge in [0.15, 0.2) is 0 Å². The van der Waals surface area contributed by atoms with Crippen molar-refractivity contribution in [3.63, 3.8) is 0 Å². The van der Waals surface area contributed by atoms with Crippen LogP contribution in [0.15, 0.2) is 4.47 Å². The van der Waals surface area contributed by atoms with Crippen molar-refractivity contribution >= 4 is 21.9 Å². The van der Waals surface area contributed by atoms with Crippen molar-refractivity contribution in [2.24, 2.45) is 0 Å². The van der Waals surface area contributed by atoms with Crippen molar-refractivity contribution in [3.05, 3.63) is 21.7 Å². The summed E-state index contributed by atoms with van der Waals surface area (Å²) < 4.78 is 5.71. The molecule has 1 rings (SSSR count). The van der Waals surface area contributed by atoms with Crippen molar-refractivity contribution in [2.45, 2.75) is 27.2 Å². The number of rotatable bonds is 3. The van der Waals surface area contributed by atoms with Gasteiger partial charge < -0.3 is 4.74 Å². The maximum atomic E-state index is 11.2. The van der Waals surface area contributed by atoms with Crippen LogP contribution in [0.3, 0.4) is 0 Å². The van der Waals surface area contributed by atoms with Crippen LogP contribution in [0.2, 0.25) is 0 Å². The van der Waals surface area contributed by atoms with Gasteiger partial charge in [0, 0.05) is 0 Å². The molecular weight excluding hydrogens is 260 g/mol. The first kappa shape index (κ1) is 12.1. The molecule has 0 bridgehead atoms. The standard InChI is InChI=1S/C10H13BrN2O2/c1-4-15-9(14)5-8-12-6(2)10(11)7(3)13-8/h4-5H2,1-3H3. The number of carbonyl (C=O) groups excluding carboxylic acids is 1. The zero-order chi connectivity index (χ0) is 11.4. The molecule has 4 nitrogen and oxygen atoms in total. The third-order valence-electron chi connectivity index (χ3n) is 1.84. The summed E-state index contributed by atoms with van der Waals surface area (Å²) in [6, 6.07) is 0. The minimum Gasteiger partial charge on any atom is -0.466 e. The largest absolute Gasteiger partial charge is 0.466 e. The molecule has 0 aromatic carbocycles. The Hall–Kier alpha value is -0.970. The van der Waals surface area contributed by atoms with E-state index in [0.717, 1.165) is 15.9 Å². The maximum absolute atomic E-state index is 11.2. The monoisotopic (exact) mass is 272 g/mol. The lowest BCUT2D eigenvalue weighted by Gasteiger charge is -2.05. The summed E-state index contributed by atoms with van der Waals surface area (Å²) >= 11 is 3.37. The predicted octanol–water partition coefficient (Wildman–Crippen LogP) is 1.96. The summed E-state index contributed by atoms with van der Waals surface area (Å²) in [7, 11) is 0. The zero-order valence-electron chi connectivity index (χ0n) is 9.00. The molecule has 0 aliphatic rings. The summed E-state index contributed by atoms with van der Waals surface area (Å²) in [5.41, 5.74) is 1.67. The second-order valence-electron chi connectivity index (χ2n) is 3.11. The first-order chi connectivity index (χ1) is 7.04. The highest BCUT2D eigenvalue weighted by Crippen LogP contribution is 2.17. The molecule has 0 saturated carbocycles. The van der Waals surface area contributed by atoms with Crippen molar-refractivity contribution < 1.29 is 9.53 Å². The van der Waals surface area contributed by atoms with Crippen LogP contribution in [0.25, 0.3) is 0 Å². The molecule has 0 aliphatic carbocycles. The number of halogens is 1. The number of esters is 1. The SMILES string of the molecule is CCOC(=O)Cc1nc(C)c(Br)c(C)n1. The molecule has 15 heavy (non-hydrogen) atoms. The fraction of sp³-hybridized carbons (Fsp3) is 0.500. The third kappa shape index (κ3) is 3.27. The zero-order valence-corrected chi connectivity index (χ0v) is 10.6. The highest BCUT2D eigenvalue weighted by molar-refractivity contribution is 9.10. The van der Waals surface area contributed by atoms with Crippen LogP contribution in [-0.4, -0.2) is 22.5 Å². The Morgan fingerprint density at radius 3 is 2.33 bits per heavy atom. The topological polar surface area (TPSA) is 52.1 Å². The number of aryl methyl sites for hydroxylation is 2. The number of ether oxygens (including phenoxy) is 1. The van der Waals surface area contributed by atoms with E-state index < -0.39 is 0 Å². The van der Waals surface area contributed by atoms with Gasteiger partial charge in [0.05, 0.1) is 22.5 Å². The molecule has 0 saturated heterocycles. The van der Waals surface area contributed by atoms with Gasteiger partial charge in [0.25, 0.3) is 0 Å². The Bertz CT molecular complexity index is 357. The fourth-order valence-corrected chi connectivity index (χ4v) is 1.37. The minimum absolute atomic E-state index is 0.128. The number of hydrogen-bond donors (Lipinski definition) is 0. The van der Waals surface area contributed by atoms with Gasteiger partial charge >= 0.3 is 5.97 Å². The van der Waals surface area contributed by atoms with Gasteiger partial charge in [-0.2, -0.15) is 0 Å². The average Bonchev–Trinajstić information content (AvgIpc) is 2.14. The second kappa shape index (κ2) is 5.21. The number of hydrogen-bond acceptors (Lipinski definition) is 4. The molecule has 0 spiro atoms. The Kier molecular flexibility index (Phi) is 4.20. The summed E-state index contributed by atoms with van der Waals surface area (Å²) in [5.74, 6) is 0.213. The van der Waals surface area contributed by atoms with Gasteiger partial charge in [-0.05, 0) is 36.7 Å². The van der Waals surface area contributed by atoms with Crippen LogP contribution in [0, 0.1) is 13.8 Å². The van der Waals surface area contributed by atoms with Crippen LogP contribution < -0.4 is 0 Å². The molecule has 5 heteroatoms. The van der Waals surface area contributed by atoms with E-state index in [1.165, 1.54) is 0 Å². The van der Waals surface area contributed by atoms with Gasteiger partial charge in [-0.1, -0.05) is 0 Å². The first-order valence-electron chi connectivity index (χ1n) is 4.69. The molecule has 1 aromatic rings. The average molecular weight is 273 g/mol. The minimum atomic E-state index is -0.293. The molecule has 1 aromatic heterocycles. The summed E-state index contributed by atoms with van der Waals surface area (Å²) in [4.78, 5) is 19.6. The molecule has 0 atom stereocenters. The normalized spacial score (nSPS) is 10.1. The molecule has 0 aliphatic heterocycles. The molecular formula is C10H13BrN2O2.